The molecule has 1 N–H and O–H groups in total. The van der Waals surface area contributed by atoms with Gasteiger partial charge in [-0.2, -0.15) is 4.31 Å². The fourth-order valence-electron chi connectivity index (χ4n) is 5.34. The van der Waals surface area contributed by atoms with Gasteiger partial charge in [0.15, 0.2) is 0 Å². The number of halogens is 1. The Hall–Kier alpha value is -4.19. The van der Waals surface area contributed by atoms with E-state index >= 15 is 0 Å². The minimum absolute atomic E-state index is 0.0100. The van der Waals surface area contributed by atoms with Crippen molar-refractivity contribution < 1.29 is 27.5 Å². The largest absolute Gasteiger partial charge is 0.496 e. The lowest BCUT2D eigenvalue weighted by molar-refractivity contribution is -0.131. The summed E-state index contributed by atoms with van der Waals surface area (Å²) in [5.74, 6) is -0.815. The van der Waals surface area contributed by atoms with Crippen molar-refractivity contribution in [1.82, 2.24) is 15.2 Å². The third-order valence-corrected chi connectivity index (χ3v) is 9.44. The molecular formula is C31H31ClN4O6S. The predicted molar refractivity (Wildman–Crippen MR) is 164 cm³/mol. The number of aromatic nitrogens is 1. The number of nitrogens with zero attached hydrogens (tertiary/aromatic N) is 3. The zero-order chi connectivity index (χ0) is 30.8. The first kappa shape index (κ1) is 30.3. The predicted octanol–water partition coefficient (Wildman–Crippen LogP) is 4.94. The number of rotatable bonds is 10. The van der Waals surface area contributed by atoms with E-state index in [4.69, 9.17) is 21.1 Å². The Bertz CT molecular complexity index is 1790. The monoisotopic (exact) mass is 622 g/mol. The van der Waals surface area contributed by atoms with Gasteiger partial charge in [0.25, 0.3) is 15.9 Å². The number of ether oxygens (including phenoxy) is 2. The first-order chi connectivity index (χ1) is 20.7. The van der Waals surface area contributed by atoms with E-state index in [0.717, 1.165) is 13.1 Å². The number of benzene rings is 3. The molecule has 0 fully saturated rings. The molecule has 5 rings (SSSR count). The second kappa shape index (κ2) is 12.2. The van der Waals surface area contributed by atoms with E-state index in [-0.39, 0.29) is 44.5 Å². The summed E-state index contributed by atoms with van der Waals surface area (Å²) in [5, 5.41) is 3.50. The van der Waals surface area contributed by atoms with Crippen LogP contribution >= 0.6 is 11.6 Å². The van der Waals surface area contributed by atoms with Crippen molar-refractivity contribution in [3.05, 3.63) is 95.1 Å². The highest BCUT2D eigenvalue weighted by Crippen LogP contribution is 2.52. The zero-order valence-corrected chi connectivity index (χ0v) is 25.5. The number of amides is 2. The highest BCUT2D eigenvalue weighted by molar-refractivity contribution is 7.93. The van der Waals surface area contributed by atoms with Gasteiger partial charge in [0, 0.05) is 35.3 Å². The summed E-state index contributed by atoms with van der Waals surface area (Å²) in [4.78, 5) is 34.4. The fraction of sp³-hybridized carbons (Fsp3) is 0.258. The van der Waals surface area contributed by atoms with Gasteiger partial charge >= 0.3 is 6.09 Å². The van der Waals surface area contributed by atoms with Gasteiger partial charge in [-0.3, -0.25) is 9.78 Å². The Labute approximate surface area is 255 Å². The van der Waals surface area contributed by atoms with Gasteiger partial charge in [0.05, 0.1) is 23.9 Å². The fourth-order valence-corrected chi connectivity index (χ4v) is 7.14. The quantitative estimate of drug-likeness (QED) is 0.264. The number of hydrogen-bond acceptors (Lipinski definition) is 8. The Morgan fingerprint density at radius 2 is 1.77 bits per heavy atom. The molecule has 0 bridgehead atoms. The number of nitrogens with one attached hydrogen (secondary N) is 1. The molecular weight excluding hydrogens is 592 g/mol. The molecule has 2 amide bonds. The van der Waals surface area contributed by atoms with Gasteiger partial charge in [-0.1, -0.05) is 61.8 Å². The number of hydrogen-bond donors (Lipinski definition) is 1. The molecule has 1 unspecified atom stereocenters. The molecule has 0 aliphatic carbocycles. The number of fused-ring (bicyclic) bond motifs is 2. The number of para-hydroxylation sites is 2. The molecule has 2 heterocycles. The average molecular weight is 623 g/mol. The van der Waals surface area contributed by atoms with E-state index in [0.29, 0.717) is 16.2 Å². The normalized spacial score (nSPS) is 16.4. The van der Waals surface area contributed by atoms with Crippen LogP contribution in [0.3, 0.4) is 0 Å². The van der Waals surface area contributed by atoms with Crippen LogP contribution in [0.4, 0.5) is 10.5 Å². The van der Waals surface area contributed by atoms with E-state index in [2.05, 4.69) is 15.2 Å². The number of anilines is 1. The summed E-state index contributed by atoms with van der Waals surface area (Å²) < 4.78 is 41.1. The maximum Gasteiger partial charge on any atom is 0.408 e. The van der Waals surface area contributed by atoms with Crippen molar-refractivity contribution >= 4 is 50.2 Å². The van der Waals surface area contributed by atoms with Gasteiger partial charge in [0.2, 0.25) is 5.60 Å². The lowest BCUT2D eigenvalue weighted by atomic mass is 9.86. The standard InChI is InChI=1S/C31H31ClN4O6S/c1-4-35(5-2)19-18-34-30(38)42-31(23-12-6-7-13-26(23)41-3)24-20-22(32)15-16-25(24)36(29(31)37)43(39,40)27-14-8-10-21-11-9-17-33-28(21)27/h6-17,20H,4-5,18-19H2,1-3H3,(H,34,38). The average Bonchev–Trinajstić information content (AvgIpc) is 3.26. The van der Waals surface area contributed by atoms with Crippen molar-refractivity contribution in [3.8, 4) is 5.75 Å². The maximum atomic E-state index is 14.7. The lowest BCUT2D eigenvalue weighted by Crippen LogP contribution is -2.48. The number of likely N-dealkylation sites (N-methyl/N-ethyl adjacent to an activating group) is 1. The third-order valence-electron chi connectivity index (χ3n) is 7.48. The smallest absolute Gasteiger partial charge is 0.408 e. The Kier molecular flexibility index (Phi) is 8.59. The molecule has 43 heavy (non-hydrogen) atoms. The number of methoxy groups -OCH3 is 1. The molecule has 0 radical (unpaired) electrons. The van der Waals surface area contributed by atoms with Gasteiger partial charge in [-0.25, -0.2) is 13.2 Å². The van der Waals surface area contributed by atoms with Crippen molar-refractivity contribution in [1.29, 1.82) is 0 Å². The molecule has 1 aliphatic rings. The van der Waals surface area contributed by atoms with Crippen LogP contribution in [0, 0.1) is 0 Å². The Morgan fingerprint density at radius 3 is 2.51 bits per heavy atom. The molecule has 3 aromatic carbocycles. The summed E-state index contributed by atoms with van der Waals surface area (Å²) in [7, 11) is -3.18. The first-order valence-corrected chi connectivity index (χ1v) is 15.6. The number of carbonyl (C=O) groups is 2. The minimum atomic E-state index is -4.59. The molecule has 1 aromatic heterocycles. The SMILES string of the molecule is CCN(CC)CCNC(=O)OC1(c2ccccc2OC)C(=O)N(S(=O)(=O)c2cccc3cccnc23)c2ccc(Cl)cc21. The molecule has 10 nitrogen and oxygen atoms in total. The molecule has 0 spiro atoms. The number of alkyl carbamates (subject to hydrolysis) is 1. The second-order valence-electron chi connectivity index (χ2n) is 9.79. The van der Waals surface area contributed by atoms with Crippen LogP contribution in [0.15, 0.2) is 83.9 Å². The Balaban J connectivity index is 1.69. The van der Waals surface area contributed by atoms with E-state index in [9.17, 15) is 18.0 Å². The first-order valence-electron chi connectivity index (χ1n) is 13.7. The van der Waals surface area contributed by atoms with E-state index in [1.807, 2.05) is 13.8 Å². The van der Waals surface area contributed by atoms with E-state index < -0.39 is 27.6 Å². The van der Waals surface area contributed by atoms with Crippen molar-refractivity contribution in [3.63, 3.8) is 0 Å². The molecule has 1 atom stereocenters. The summed E-state index contributed by atoms with van der Waals surface area (Å²) in [6.45, 7) is 6.39. The van der Waals surface area contributed by atoms with Crippen LogP contribution in [0.1, 0.15) is 25.0 Å². The topological polar surface area (TPSA) is 118 Å². The van der Waals surface area contributed by atoms with Crippen LogP contribution < -0.4 is 14.4 Å². The summed E-state index contributed by atoms with van der Waals surface area (Å²) in [6, 6.07) is 18.9. The molecule has 12 heteroatoms. The summed E-state index contributed by atoms with van der Waals surface area (Å²) in [5.41, 5.74) is -1.86. The highest BCUT2D eigenvalue weighted by atomic mass is 35.5. The maximum absolute atomic E-state index is 14.7. The Morgan fingerprint density at radius 1 is 1.02 bits per heavy atom. The number of carbonyl (C=O) groups excluding carboxylic acids is 2. The number of sulfonamides is 1. The van der Waals surface area contributed by atoms with Gasteiger partial charge in [-0.05, 0) is 49.5 Å². The van der Waals surface area contributed by atoms with Crippen LogP contribution in [0.5, 0.6) is 5.75 Å². The second-order valence-corrected chi connectivity index (χ2v) is 12.0. The van der Waals surface area contributed by atoms with Crippen LogP contribution in [-0.4, -0.2) is 63.6 Å². The highest BCUT2D eigenvalue weighted by Gasteiger charge is 2.60. The van der Waals surface area contributed by atoms with Crippen molar-refractivity contribution in [2.24, 2.45) is 0 Å². The van der Waals surface area contributed by atoms with Crippen LogP contribution in [-0.2, 0) is 25.2 Å². The van der Waals surface area contributed by atoms with Gasteiger partial charge in [-0.15, -0.1) is 0 Å². The van der Waals surface area contributed by atoms with Crippen LogP contribution in [0.2, 0.25) is 5.02 Å². The van der Waals surface area contributed by atoms with Gasteiger partial charge in [0.1, 0.15) is 10.6 Å². The lowest BCUT2D eigenvalue weighted by Gasteiger charge is -2.30. The van der Waals surface area contributed by atoms with Crippen molar-refractivity contribution in [2.45, 2.75) is 24.3 Å². The zero-order valence-electron chi connectivity index (χ0n) is 23.9. The summed E-state index contributed by atoms with van der Waals surface area (Å²) >= 11 is 6.42. The van der Waals surface area contributed by atoms with E-state index in [1.165, 1.54) is 37.6 Å². The third kappa shape index (κ3) is 5.28. The van der Waals surface area contributed by atoms with Gasteiger partial charge < -0.3 is 19.7 Å². The molecule has 1 aliphatic heterocycles. The van der Waals surface area contributed by atoms with Crippen molar-refractivity contribution in [2.75, 3.05) is 37.6 Å². The van der Waals surface area contributed by atoms with E-state index in [1.54, 1.807) is 48.5 Å². The molecule has 224 valence electrons. The summed E-state index contributed by atoms with van der Waals surface area (Å²) in [6.07, 6.45) is 0.564. The minimum Gasteiger partial charge on any atom is -0.496 e. The van der Waals surface area contributed by atoms with Crippen LogP contribution in [0.25, 0.3) is 10.9 Å². The molecule has 0 saturated carbocycles. The number of pyridine rings is 1. The molecule has 4 aromatic rings. The molecule has 0 saturated heterocycles.